The van der Waals surface area contributed by atoms with Crippen molar-refractivity contribution in [2.75, 3.05) is 52.5 Å². The zero-order valence-electron chi connectivity index (χ0n) is 29.4. The summed E-state index contributed by atoms with van der Waals surface area (Å²) in [6.45, 7) is 10.5. The van der Waals surface area contributed by atoms with Gasteiger partial charge in [0.15, 0.2) is 0 Å². The monoisotopic (exact) mass is 684 g/mol. The van der Waals surface area contributed by atoms with Crippen molar-refractivity contribution < 1.29 is 33.4 Å². The summed E-state index contributed by atoms with van der Waals surface area (Å²) in [7, 11) is 0. The molecule has 3 N–H and O–H groups in total. The van der Waals surface area contributed by atoms with Gasteiger partial charge in [0.05, 0.1) is 19.3 Å². The summed E-state index contributed by atoms with van der Waals surface area (Å²) < 4.78 is 10.2. The molecule has 13 nitrogen and oxygen atoms in total. The number of nitrogens with zero attached hydrogens (tertiary/aromatic N) is 3. The van der Waals surface area contributed by atoms with Crippen LogP contribution in [0.2, 0.25) is 0 Å². The number of piperidine rings is 3. The van der Waals surface area contributed by atoms with Crippen LogP contribution in [-0.4, -0.2) is 121 Å². The Balaban J connectivity index is 0.000000141. The van der Waals surface area contributed by atoms with Crippen molar-refractivity contribution in [2.45, 2.75) is 121 Å². The second kappa shape index (κ2) is 15.3. The van der Waals surface area contributed by atoms with Gasteiger partial charge in [0.1, 0.15) is 5.78 Å². The van der Waals surface area contributed by atoms with E-state index in [4.69, 9.17) is 9.47 Å². The molecule has 8 aliphatic rings. The number of ether oxygens (including phenoxy) is 2. The third-order valence-electron chi connectivity index (χ3n) is 12.2. The Morgan fingerprint density at radius 3 is 1.76 bits per heavy atom. The molecule has 4 atom stereocenters. The summed E-state index contributed by atoms with van der Waals surface area (Å²) in [5.41, 5.74) is 1.91. The molecule has 0 aliphatic carbocycles. The summed E-state index contributed by atoms with van der Waals surface area (Å²) in [6, 6.07) is 0.712. The van der Waals surface area contributed by atoms with Crippen molar-refractivity contribution in [3.8, 4) is 0 Å². The molecule has 8 heterocycles. The molecule has 4 bridgehead atoms. The largest absolute Gasteiger partial charge is 0.450 e. The van der Waals surface area contributed by atoms with Gasteiger partial charge in [-0.05, 0) is 95.2 Å². The van der Waals surface area contributed by atoms with Crippen molar-refractivity contribution in [3.05, 3.63) is 11.8 Å². The van der Waals surface area contributed by atoms with Crippen LogP contribution < -0.4 is 16.0 Å². The van der Waals surface area contributed by atoms with Crippen LogP contribution in [0.3, 0.4) is 0 Å². The van der Waals surface area contributed by atoms with Crippen LogP contribution in [0.25, 0.3) is 0 Å². The molecule has 8 rings (SSSR count). The van der Waals surface area contributed by atoms with Gasteiger partial charge in [0.2, 0.25) is 11.8 Å². The van der Waals surface area contributed by atoms with E-state index in [1.165, 1.54) is 5.70 Å². The van der Waals surface area contributed by atoms with E-state index >= 15 is 0 Å². The number of rotatable bonds is 3. The highest BCUT2D eigenvalue weighted by atomic mass is 16.6. The van der Waals surface area contributed by atoms with E-state index in [1.54, 1.807) is 11.8 Å². The Bertz CT molecular complexity index is 1270. The highest BCUT2D eigenvalue weighted by molar-refractivity contribution is 5.83. The van der Waals surface area contributed by atoms with Crippen molar-refractivity contribution in [1.29, 1.82) is 0 Å². The minimum absolute atomic E-state index is 0.111. The van der Waals surface area contributed by atoms with Gasteiger partial charge in [-0.2, -0.15) is 0 Å². The first-order chi connectivity index (χ1) is 23.6. The van der Waals surface area contributed by atoms with Crippen molar-refractivity contribution in [2.24, 2.45) is 10.8 Å². The van der Waals surface area contributed by atoms with E-state index in [-0.39, 0.29) is 53.3 Å². The molecule has 49 heavy (non-hydrogen) atoms. The Hall–Kier alpha value is -3.35. The standard InChI is InChI=1S/C18H27N3O3.C10H15NO3.C8H14N2O/c1-2-24-17(23)21-13-3-4-14(21)10-15(9-13)20-7-5-18(6-8-20)11-16(22)19-12-18;1-2-14-10(13)11-7-3-4-8(11)6-9(12)5-7;11-7-5-8(6-10-7)1-3-9-4-2-8/h9,13-14H,2-8,10-12H2,1H3,(H,19,22);7-8H,2-6H2,1H3;9H,1-6H2,(H,10,11). The Labute approximate surface area is 290 Å². The van der Waals surface area contributed by atoms with Gasteiger partial charge in [0.25, 0.3) is 0 Å². The number of Topliss-reactive ketones (excluding diaryl/α,β-unsaturated/α-hetero) is 1. The predicted octanol–water partition coefficient (Wildman–Crippen LogP) is 3.08. The number of likely N-dealkylation sites (tertiary alicyclic amines) is 1. The molecule has 13 heteroatoms. The fourth-order valence-corrected chi connectivity index (χ4v) is 9.43. The second-order valence-corrected chi connectivity index (χ2v) is 15.3. The fraction of sp³-hybridized carbons (Fsp3) is 0.806. The lowest BCUT2D eigenvalue weighted by atomic mass is 9.77. The summed E-state index contributed by atoms with van der Waals surface area (Å²) in [5.74, 6) is 0.744. The normalized spacial score (nSPS) is 30.5. The van der Waals surface area contributed by atoms with E-state index in [1.807, 2.05) is 11.8 Å². The zero-order chi connectivity index (χ0) is 34.6. The smallest absolute Gasteiger partial charge is 0.410 e. The molecule has 0 radical (unpaired) electrons. The van der Waals surface area contributed by atoms with Gasteiger partial charge >= 0.3 is 12.2 Å². The second-order valence-electron chi connectivity index (χ2n) is 15.3. The van der Waals surface area contributed by atoms with Crippen LogP contribution in [0, 0.1) is 10.8 Å². The van der Waals surface area contributed by atoms with Gasteiger partial charge in [-0.3, -0.25) is 19.3 Å². The molecule has 0 aromatic carbocycles. The number of nitrogens with one attached hydrogen (secondary N) is 3. The highest BCUT2D eigenvalue weighted by Crippen LogP contribution is 2.42. The summed E-state index contributed by atoms with van der Waals surface area (Å²) in [6.07, 6.45) is 13.8. The van der Waals surface area contributed by atoms with Gasteiger partial charge in [-0.15, -0.1) is 0 Å². The molecular formula is C36H56N6O7. The first-order valence-corrected chi connectivity index (χ1v) is 18.7. The van der Waals surface area contributed by atoms with Crippen LogP contribution in [-0.2, 0) is 23.9 Å². The Morgan fingerprint density at radius 2 is 1.24 bits per heavy atom. The predicted molar refractivity (Wildman–Crippen MR) is 181 cm³/mol. The zero-order valence-corrected chi connectivity index (χ0v) is 29.4. The first kappa shape index (κ1) is 35.5. The number of fused-ring (bicyclic) bond motifs is 4. The summed E-state index contributed by atoms with van der Waals surface area (Å²) in [5, 5.41) is 9.22. The van der Waals surface area contributed by atoms with Crippen molar-refractivity contribution >= 4 is 29.8 Å². The average Bonchev–Trinajstić information content (AvgIpc) is 3.79. The van der Waals surface area contributed by atoms with E-state index in [2.05, 4.69) is 26.9 Å². The van der Waals surface area contributed by atoms with E-state index in [9.17, 15) is 24.0 Å². The molecule has 8 aliphatic heterocycles. The van der Waals surface area contributed by atoms with Crippen LogP contribution in [0.15, 0.2) is 11.8 Å². The number of amides is 4. The average molecular weight is 685 g/mol. The maximum absolute atomic E-state index is 12.2. The fourth-order valence-electron chi connectivity index (χ4n) is 9.43. The van der Waals surface area contributed by atoms with E-state index in [0.29, 0.717) is 43.9 Å². The quantitative estimate of drug-likeness (QED) is 0.408. The lowest BCUT2D eigenvalue weighted by Gasteiger charge is -2.43. The van der Waals surface area contributed by atoms with Gasteiger partial charge in [0, 0.05) is 82.1 Å². The molecule has 0 aromatic heterocycles. The Kier molecular flexibility index (Phi) is 11.1. The molecule has 4 unspecified atom stereocenters. The van der Waals surface area contributed by atoms with Crippen molar-refractivity contribution in [3.63, 3.8) is 0 Å². The highest BCUT2D eigenvalue weighted by Gasteiger charge is 2.45. The Morgan fingerprint density at radius 1 is 0.735 bits per heavy atom. The summed E-state index contributed by atoms with van der Waals surface area (Å²) >= 11 is 0. The lowest BCUT2D eigenvalue weighted by Crippen LogP contribution is -2.47. The van der Waals surface area contributed by atoms with Crippen LogP contribution >= 0.6 is 0 Å². The third-order valence-corrected chi connectivity index (χ3v) is 12.2. The lowest BCUT2D eigenvalue weighted by molar-refractivity contribution is -0.123. The number of ketones is 1. The van der Waals surface area contributed by atoms with Gasteiger partial charge in [-0.1, -0.05) is 0 Å². The molecule has 4 amide bonds. The molecule has 0 aromatic rings. The number of carbonyl (C=O) groups excluding carboxylic acids is 5. The molecule has 272 valence electrons. The van der Waals surface area contributed by atoms with E-state index in [0.717, 1.165) is 103 Å². The van der Waals surface area contributed by atoms with E-state index < -0.39 is 0 Å². The van der Waals surface area contributed by atoms with Gasteiger partial charge < -0.3 is 35.2 Å². The molecular weight excluding hydrogens is 628 g/mol. The number of carbonyl (C=O) groups is 5. The SMILES string of the molecule is CCOC(=O)N1C2C=C(N3CCC4(CC3)CNC(=O)C4)CC1CC2.CCOC(=O)N1C2CCC1CC(=O)C2.O=C1CC2(CCNCC2)CN1. The van der Waals surface area contributed by atoms with Crippen LogP contribution in [0.4, 0.5) is 9.59 Å². The maximum atomic E-state index is 12.2. The third kappa shape index (κ3) is 8.02. The summed E-state index contributed by atoms with van der Waals surface area (Å²) in [4.78, 5) is 63.7. The van der Waals surface area contributed by atoms with Crippen LogP contribution in [0.1, 0.15) is 97.3 Å². The van der Waals surface area contributed by atoms with Crippen LogP contribution in [0.5, 0.6) is 0 Å². The molecule has 0 saturated carbocycles. The first-order valence-electron chi connectivity index (χ1n) is 18.7. The van der Waals surface area contributed by atoms with Crippen molar-refractivity contribution in [1.82, 2.24) is 30.7 Å². The molecule has 7 fully saturated rings. The van der Waals surface area contributed by atoms with Gasteiger partial charge in [-0.25, -0.2) is 9.59 Å². The minimum Gasteiger partial charge on any atom is -0.450 e. The molecule has 2 spiro atoms. The maximum Gasteiger partial charge on any atom is 0.410 e. The number of hydrogen-bond acceptors (Lipinski definition) is 9. The number of hydrogen-bond donors (Lipinski definition) is 3. The molecule has 7 saturated heterocycles. The minimum atomic E-state index is -0.243. The topological polar surface area (TPSA) is 150 Å².